The van der Waals surface area contributed by atoms with Crippen LogP contribution in [-0.2, 0) is 6.61 Å². The molecule has 6 aromatic rings. The van der Waals surface area contributed by atoms with Gasteiger partial charge < -0.3 is 4.74 Å². The van der Waals surface area contributed by atoms with Crippen LogP contribution in [-0.4, -0.2) is 9.38 Å². The van der Waals surface area contributed by atoms with Crippen LogP contribution in [0.2, 0.25) is 5.02 Å². The van der Waals surface area contributed by atoms with Crippen LogP contribution >= 0.6 is 38.9 Å². The van der Waals surface area contributed by atoms with Gasteiger partial charge in [0.2, 0.25) is 0 Å². The van der Waals surface area contributed by atoms with Crippen LogP contribution < -0.4 is 14.8 Å². The van der Waals surface area contributed by atoms with Crippen molar-refractivity contribution in [3.63, 3.8) is 0 Å². The standard InChI is InChI=1S/C27H16BrClN2O2S/c28-20-12-16(14-24-26(32)31-23-11-4-3-10-22(23)30-27(31)34-24)13-21(29)25(20)33-15-18-8-5-7-17-6-1-2-9-19(17)18/h1-14H,15H2. The zero-order chi connectivity index (χ0) is 23.2. The first-order valence-corrected chi connectivity index (χ1v) is 12.6. The Bertz CT molecular complexity index is 1800. The van der Waals surface area contributed by atoms with Gasteiger partial charge >= 0.3 is 0 Å². The highest BCUT2D eigenvalue weighted by atomic mass is 79.9. The average molecular weight is 548 g/mol. The normalized spacial score (nSPS) is 12.2. The van der Waals surface area contributed by atoms with Gasteiger partial charge in [0.1, 0.15) is 6.61 Å². The number of ether oxygens (including phenoxy) is 1. The molecule has 0 aliphatic heterocycles. The van der Waals surface area contributed by atoms with Crippen LogP contribution in [0.3, 0.4) is 0 Å². The topological polar surface area (TPSA) is 43.6 Å². The molecule has 4 nitrogen and oxygen atoms in total. The van der Waals surface area contributed by atoms with Gasteiger partial charge in [-0.3, -0.25) is 4.79 Å². The first kappa shape index (κ1) is 21.4. The summed E-state index contributed by atoms with van der Waals surface area (Å²) in [6.45, 7) is 0.392. The lowest BCUT2D eigenvalue weighted by molar-refractivity contribution is 0.306. The molecule has 0 unspecified atom stereocenters. The van der Waals surface area contributed by atoms with Crippen molar-refractivity contribution in [1.82, 2.24) is 9.38 Å². The van der Waals surface area contributed by atoms with Crippen molar-refractivity contribution in [3.8, 4) is 5.75 Å². The highest BCUT2D eigenvalue weighted by Gasteiger charge is 2.13. The molecule has 0 N–H and O–H groups in total. The molecule has 7 heteroatoms. The molecular formula is C27H16BrClN2O2S. The molecule has 0 spiro atoms. The Morgan fingerprint density at radius 3 is 2.71 bits per heavy atom. The number of benzene rings is 4. The molecule has 6 rings (SSSR count). The maximum atomic E-state index is 13.0. The van der Waals surface area contributed by atoms with E-state index in [0.717, 1.165) is 32.0 Å². The van der Waals surface area contributed by atoms with Crippen molar-refractivity contribution in [1.29, 1.82) is 0 Å². The summed E-state index contributed by atoms with van der Waals surface area (Å²) in [5, 5.41) is 2.79. The minimum atomic E-state index is -0.0859. The molecule has 2 heterocycles. The Hall–Kier alpha value is -3.19. The van der Waals surface area contributed by atoms with Crippen molar-refractivity contribution in [3.05, 3.63) is 114 Å². The van der Waals surface area contributed by atoms with Gasteiger partial charge in [-0.15, -0.1) is 0 Å². The Morgan fingerprint density at radius 1 is 1.03 bits per heavy atom. The third-order valence-electron chi connectivity index (χ3n) is 5.72. The maximum Gasteiger partial charge on any atom is 0.274 e. The van der Waals surface area contributed by atoms with Gasteiger partial charge in [-0.05, 0) is 68.2 Å². The summed E-state index contributed by atoms with van der Waals surface area (Å²) in [5.74, 6) is 0.570. The van der Waals surface area contributed by atoms with E-state index in [0.29, 0.717) is 26.9 Å². The Balaban J connectivity index is 1.34. The SMILES string of the molecule is O=c1c(=Cc2cc(Cl)c(OCc3cccc4ccccc34)c(Br)c2)sc2nc3ccccc3n12. The number of fused-ring (bicyclic) bond motifs is 4. The molecule has 0 atom stereocenters. The van der Waals surface area contributed by atoms with Crippen LogP contribution in [0.4, 0.5) is 0 Å². The summed E-state index contributed by atoms with van der Waals surface area (Å²) >= 11 is 11.5. The molecule has 4 aromatic carbocycles. The number of hydrogen-bond donors (Lipinski definition) is 0. The van der Waals surface area contributed by atoms with Gasteiger partial charge in [0, 0.05) is 0 Å². The fourth-order valence-electron chi connectivity index (χ4n) is 4.13. The van der Waals surface area contributed by atoms with Crippen LogP contribution in [0.15, 0.2) is 88.1 Å². The number of halogens is 2. The summed E-state index contributed by atoms with van der Waals surface area (Å²) in [5.41, 5.74) is 3.44. The average Bonchev–Trinajstić information content (AvgIpc) is 3.34. The number of hydrogen-bond acceptors (Lipinski definition) is 4. The number of rotatable bonds is 4. The first-order valence-electron chi connectivity index (χ1n) is 10.6. The molecule has 166 valence electrons. The van der Waals surface area contributed by atoms with E-state index < -0.39 is 0 Å². The predicted molar refractivity (Wildman–Crippen MR) is 143 cm³/mol. The largest absolute Gasteiger partial charge is 0.486 e. The lowest BCUT2D eigenvalue weighted by atomic mass is 10.1. The van der Waals surface area contributed by atoms with Crippen molar-refractivity contribution in [2.24, 2.45) is 0 Å². The molecule has 0 aliphatic carbocycles. The smallest absolute Gasteiger partial charge is 0.274 e. The molecule has 0 aliphatic rings. The number of imidazole rings is 1. The molecule has 0 radical (unpaired) electrons. The molecule has 0 amide bonds. The highest BCUT2D eigenvalue weighted by Crippen LogP contribution is 2.35. The molecule has 34 heavy (non-hydrogen) atoms. The van der Waals surface area contributed by atoms with E-state index in [-0.39, 0.29) is 5.56 Å². The zero-order valence-corrected chi connectivity index (χ0v) is 20.8. The second kappa shape index (κ2) is 8.55. The minimum absolute atomic E-state index is 0.0859. The van der Waals surface area contributed by atoms with Crippen LogP contribution in [0.5, 0.6) is 5.75 Å². The van der Waals surface area contributed by atoms with E-state index in [1.165, 1.54) is 16.7 Å². The van der Waals surface area contributed by atoms with Crippen LogP contribution in [0.1, 0.15) is 11.1 Å². The Kier molecular flexibility index (Phi) is 5.37. The van der Waals surface area contributed by atoms with E-state index in [1.54, 1.807) is 4.40 Å². The maximum absolute atomic E-state index is 13.0. The van der Waals surface area contributed by atoms with Crippen molar-refractivity contribution in [2.75, 3.05) is 0 Å². The first-order chi connectivity index (χ1) is 16.6. The molecular weight excluding hydrogens is 532 g/mol. The number of thiazole rings is 1. The third-order valence-corrected chi connectivity index (χ3v) is 7.55. The van der Waals surface area contributed by atoms with Crippen molar-refractivity contribution >= 4 is 71.7 Å². The number of nitrogens with zero attached hydrogens (tertiary/aromatic N) is 2. The van der Waals surface area contributed by atoms with E-state index in [9.17, 15) is 4.79 Å². The second-order valence-electron chi connectivity index (χ2n) is 7.87. The van der Waals surface area contributed by atoms with Crippen molar-refractivity contribution < 1.29 is 4.74 Å². The molecule has 0 saturated heterocycles. The molecule has 2 aromatic heterocycles. The Morgan fingerprint density at radius 2 is 1.82 bits per heavy atom. The van der Waals surface area contributed by atoms with Gasteiger partial charge in [0.25, 0.3) is 5.56 Å². The van der Waals surface area contributed by atoms with Crippen molar-refractivity contribution in [2.45, 2.75) is 6.61 Å². The minimum Gasteiger partial charge on any atom is -0.486 e. The van der Waals surface area contributed by atoms with Gasteiger partial charge in [-0.2, -0.15) is 0 Å². The molecule has 0 saturated carbocycles. The Labute approximate surface area is 211 Å². The summed E-state index contributed by atoms with van der Waals surface area (Å²) in [6, 6.07) is 25.7. The lowest BCUT2D eigenvalue weighted by Crippen LogP contribution is -2.22. The van der Waals surface area contributed by atoms with E-state index >= 15 is 0 Å². The van der Waals surface area contributed by atoms with Gasteiger partial charge in [-0.25, -0.2) is 9.38 Å². The van der Waals surface area contributed by atoms with Gasteiger partial charge in [-0.1, -0.05) is 77.5 Å². The summed E-state index contributed by atoms with van der Waals surface area (Å²) in [7, 11) is 0. The quantitative estimate of drug-likeness (QED) is 0.250. The summed E-state index contributed by atoms with van der Waals surface area (Å²) in [6.07, 6.45) is 1.83. The summed E-state index contributed by atoms with van der Waals surface area (Å²) in [4.78, 5) is 18.3. The zero-order valence-electron chi connectivity index (χ0n) is 17.7. The number of aromatic nitrogens is 2. The van der Waals surface area contributed by atoms with Crippen LogP contribution in [0, 0.1) is 0 Å². The fourth-order valence-corrected chi connectivity index (χ4v) is 6.11. The third kappa shape index (κ3) is 3.68. The van der Waals surface area contributed by atoms with E-state index in [2.05, 4.69) is 45.2 Å². The molecule has 0 fully saturated rings. The molecule has 0 bridgehead atoms. The van der Waals surface area contributed by atoms with Crippen LogP contribution in [0.25, 0.3) is 32.8 Å². The highest BCUT2D eigenvalue weighted by molar-refractivity contribution is 9.10. The second-order valence-corrected chi connectivity index (χ2v) is 10.1. The fraction of sp³-hybridized carbons (Fsp3) is 0.0370. The van der Waals surface area contributed by atoms with E-state index in [4.69, 9.17) is 16.3 Å². The number of para-hydroxylation sites is 2. The van der Waals surface area contributed by atoms with E-state index in [1.807, 2.05) is 60.7 Å². The monoisotopic (exact) mass is 546 g/mol. The van der Waals surface area contributed by atoms with Gasteiger partial charge in [0.05, 0.1) is 25.1 Å². The predicted octanol–water partition coefficient (Wildman–Crippen LogP) is 6.61. The van der Waals surface area contributed by atoms with Gasteiger partial charge in [0.15, 0.2) is 10.7 Å². The lowest BCUT2D eigenvalue weighted by Gasteiger charge is -2.12. The summed E-state index contributed by atoms with van der Waals surface area (Å²) < 4.78 is 9.09.